The number of hydrogen-bond donors (Lipinski definition) is 3. The van der Waals surface area contributed by atoms with Crippen LogP contribution in [0.5, 0.6) is 0 Å². The normalized spacial score (nSPS) is 15.3. The van der Waals surface area contributed by atoms with E-state index in [1.807, 2.05) is 30.3 Å². The van der Waals surface area contributed by atoms with Crippen LogP contribution in [0.1, 0.15) is 33.3 Å². The van der Waals surface area contributed by atoms with Crippen LogP contribution in [0, 0.1) is 0 Å². The minimum atomic E-state index is -1.15. The van der Waals surface area contributed by atoms with Crippen molar-refractivity contribution in [2.24, 2.45) is 10.9 Å². The third-order valence-corrected chi connectivity index (χ3v) is 3.41. The Morgan fingerprint density at radius 1 is 1.24 bits per heavy atom. The largest absolute Gasteiger partial charge is 0.465 e. The molecule has 0 saturated carbocycles. The molecule has 116 valence electrons. The fraction of sp³-hybridized carbons (Fsp3) is 0.467. The van der Waals surface area contributed by atoms with Gasteiger partial charge < -0.3 is 16.0 Å². The molecule has 0 heterocycles. The van der Waals surface area contributed by atoms with Gasteiger partial charge in [-0.05, 0) is 33.3 Å². The van der Waals surface area contributed by atoms with Gasteiger partial charge in [0.1, 0.15) is 5.54 Å². The Bertz CT molecular complexity index is 523. The molecule has 6 heteroatoms. The second kappa shape index (κ2) is 6.03. The van der Waals surface area contributed by atoms with Crippen LogP contribution in [0.4, 0.5) is 4.79 Å². The average molecular weight is 293 g/mol. The Kier molecular flexibility index (Phi) is 4.83. The van der Waals surface area contributed by atoms with Gasteiger partial charge in [0.05, 0.1) is 0 Å². The lowest BCUT2D eigenvalue weighted by Crippen LogP contribution is -2.64. The number of amides is 1. The van der Waals surface area contributed by atoms with Gasteiger partial charge in [-0.2, -0.15) is 0 Å². The lowest BCUT2D eigenvalue weighted by atomic mass is 9.86. The van der Waals surface area contributed by atoms with E-state index >= 15 is 0 Å². The molecule has 0 unspecified atom stereocenters. The number of nitrogens with two attached hydrogens (primary N) is 1. The van der Waals surface area contributed by atoms with Gasteiger partial charge in [0, 0.05) is 12.0 Å². The van der Waals surface area contributed by atoms with Crippen molar-refractivity contribution in [2.45, 2.75) is 45.2 Å². The smallest absolute Gasteiger partial charge is 0.408 e. The molecule has 0 aliphatic carbocycles. The van der Waals surface area contributed by atoms with Crippen molar-refractivity contribution in [3.05, 3.63) is 35.9 Å². The second-order valence-electron chi connectivity index (χ2n) is 6.21. The number of rotatable bonds is 4. The highest BCUT2D eigenvalue weighted by Crippen LogP contribution is 2.29. The molecule has 4 N–H and O–H groups in total. The van der Waals surface area contributed by atoms with Crippen molar-refractivity contribution in [3.8, 4) is 0 Å². The first-order chi connectivity index (χ1) is 9.63. The maximum Gasteiger partial charge on any atom is 0.408 e. The molecule has 0 saturated heterocycles. The van der Waals surface area contributed by atoms with Crippen molar-refractivity contribution in [1.29, 1.82) is 0 Å². The van der Waals surface area contributed by atoms with Gasteiger partial charge in [-0.15, -0.1) is 0 Å². The third kappa shape index (κ3) is 3.65. The molecular formula is C15H23N3O3. The summed E-state index contributed by atoms with van der Waals surface area (Å²) >= 11 is 0. The zero-order chi connectivity index (χ0) is 16.3. The fourth-order valence-corrected chi connectivity index (χ4v) is 2.62. The molecular weight excluding hydrogens is 270 g/mol. The lowest BCUT2D eigenvalue weighted by Gasteiger charge is -2.46. The topological polar surface area (TPSA) is 99.2 Å². The van der Waals surface area contributed by atoms with Crippen molar-refractivity contribution in [3.63, 3.8) is 0 Å². The van der Waals surface area contributed by atoms with E-state index in [0.717, 1.165) is 5.56 Å². The number of carboxylic acid groups (broad SMARTS) is 1. The Balaban J connectivity index is 3.35. The molecule has 1 atom stereocenters. The van der Waals surface area contributed by atoms with Gasteiger partial charge in [0.15, 0.2) is 5.84 Å². The number of amidine groups is 1. The SMILES string of the molecule is CC(C)(C)N(C(=O)O)[C@](C)(Cc1ccccc1)/C(N)=N\O. The van der Waals surface area contributed by atoms with Crippen LogP contribution in [0.2, 0.25) is 0 Å². The van der Waals surface area contributed by atoms with Crippen molar-refractivity contribution >= 4 is 11.9 Å². The molecule has 1 aromatic rings. The zero-order valence-electron chi connectivity index (χ0n) is 12.9. The maximum atomic E-state index is 11.7. The number of nitrogens with zero attached hydrogens (tertiary/aromatic N) is 2. The average Bonchev–Trinajstić information content (AvgIpc) is 2.36. The van der Waals surface area contributed by atoms with E-state index in [9.17, 15) is 9.90 Å². The minimum absolute atomic E-state index is 0.135. The molecule has 1 aromatic carbocycles. The Morgan fingerprint density at radius 2 is 1.76 bits per heavy atom. The van der Waals surface area contributed by atoms with Crippen molar-refractivity contribution in [2.75, 3.05) is 0 Å². The maximum absolute atomic E-state index is 11.7. The van der Waals surface area contributed by atoms with E-state index in [0.29, 0.717) is 6.42 Å². The van der Waals surface area contributed by atoms with Gasteiger partial charge in [-0.3, -0.25) is 4.90 Å². The van der Waals surface area contributed by atoms with Gasteiger partial charge >= 0.3 is 6.09 Å². The Hall–Kier alpha value is -2.24. The quantitative estimate of drug-likeness (QED) is 0.344. The summed E-state index contributed by atoms with van der Waals surface area (Å²) in [6, 6.07) is 9.37. The first-order valence-corrected chi connectivity index (χ1v) is 6.68. The summed E-state index contributed by atoms with van der Waals surface area (Å²) in [6.07, 6.45) is -0.805. The third-order valence-electron chi connectivity index (χ3n) is 3.41. The van der Waals surface area contributed by atoms with E-state index in [1.165, 1.54) is 4.90 Å². The van der Waals surface area contributed by atoms with Gasteiger partial charge in [0.25, 0.3) is 0 Å². The molecule has 0 aliphatic rings. The van der Waals surface area contributed by atoms with Gasteiger partial charge in [-0.1, -0.05) is 35.5 Å². The van der Waals surface area contributed by atoms with E-state index < -0.39 is 17.2 Å². The standard InChI is InChI=1S/C15H23N3O3/c1-14(2,3)18(13(19)20)15(4,12(16)17-21)10-11-8-6-5-7-9-11/h5-9,21H,10H2,1-4H3,(H2,16,17)(H,19,20)/t15-/m1/s1. The zero-order valence-corrected chi connectivity index (χ0v) is 12.9. The van der Waals surface area contributed by atoms with E-state index in [4.69, 9.17) is 10.9 Å². The van der Waals surface area contributed by atoms with Crippen molar-refractivity contribution in [1.82, 2.24) is 4.90 Å². The molecule has 21 heavy (non-hydrogen) atoms. The van der Waals surface area contributed by atoms with Crippen LogP contribution in [-0.4, -0.2) is 38.2 Å². The van der Waals surface area contributed by atoms with Crippen LogP contribution in [0.3, 0.4) is 0 Å². The monoisotopic (exact) mass is 293 g/mol. The Labute approximate surface area is 124 Å². The molecule has 0 aliphatic heterocycles. The minimum Gasteiger partial charge on any atom is -0.465 e. The molecule has 0 radical (unpaired) electrons. The van der Waals surface area contributed by atoms with Crippen LogP contribution in [0.15, 0.2) is 35.5 Å². The predicted molar refractivity (Wildman–Crippen MR) is 81.6 cm³/mol. The molecule has 0 bridgehead atoms. The lowest BCUT2D eigenvalue weighted by molar-refractivity contribution is 0.0527. The van der Waals surface area contributed by atoms with Gasteiger partial charge in [0.2, 0.25) is 0 Å². The molecule has 6 nitrogen and oxygen atoms in total. The van der Waals surface area contributed by atoms with E-state index in [-0.39, 0.29) is 5.84 Å². The summed E-state index contributed by atoms with van der Waals surface area (Å²) in [7, 11) is 0. The van der Waals surface area contributed by atoms with Crippen molar-refractivity contribution < 1.29 is 15.1 Å². The molecule has 0 fully saturated rings. The highest BCUT2D eigenvalue weighted by atomic mass is 16.4. The number of benzene rings is 1. The predicted octanol–water partition coefficient (Wildman–Crippen LogP) is 2.51. The summed E-state index contributed by atoms with van der Waals surface area (Å²) < 4.78 is 0. The summed E-state index contributed by atoms with van der Waals surface area (Å²) in [4.78, 5) is 13.0. The number of oxime groups is 1. The highest BCUT2D eigenvalue weighted by molar-refractivity contribution is 5.92. The summed E-state index contributed by atoms with van der Waals surface area (Å²) in [5.41, 5.74) is 4.88. The van der Waals surface area contributed by atoms with E-state index in [1.54, 1.807) is 27.7 Å². The van der Waals surface area contributed by atoms with Crippen LogP contribution < -0.4 is 5.73 Å². The van der Waals surface area contributed by atoms with Crippen LogP contribution >= 0.6 is 0 Å². The highest BCUT2D eigenvalue weighted by Gasteiger charge is 2.45. The molecule has 0 aromatic heterocycles. The number of hydrogen-bond acceptors (Lipinski definition) is 3. The summed E-state index contributed by atoms with van der Waals surface area (Å²) in [6.45, 7) is 6.98. The second-order valence-corrected chi connectivity index (χ2v) is 6.21. The first-order valence-electron chi connectivity index (χ1n) is 6.68. The van der Waals surface area contributed by atoms with Crippen LogP contribution in [-0.2, 0) is 6.42 Å². The fourth-order valence-electron chi connectivity index (χ4n) is 2.62. The van der Waals surface area contributed by atoms with Gasteiger partial charge in [-0.25, -0.2) is 4.79 Å². The molecule has 1 rings (SSSR count). The summed E-state index contributed by atoms with van der Waals surface area (Å²) in [5, 5.41) is 21.8. The number of carbonyl (C=O) groups is 1. The first kappa shape index (κ1) is 16.8. The Morgan fingerprint density at radius 3 is 2.14 bits per heavy atom. The molecule has 0 spiro atoms. The summed E-state index contributed by atoms with van der Waals surface area (Å²) in [5.74, 6) is -0.135. The van der Waals surface area contributed by atoms with E-state index in [2.05, 4.69) is 5.16 Å². The molecule has 1 amide bonds. The van der Waals surface area contributed by atoms with Crippen LogP contribution in [0.25, 0.3) is 0 Å².